The summed E-state index contributed by atoms with van der Waals surface area (Å²) in [5.74, 6) is -2.15. The molecule has 0 spiro atoms. The Morgan fingerprint density at radius 2 is 1.72 bits per heavy atom. The molecule has 3 aromatic rings. The van der Waals surface area contributed by atoms with E-state index in [1.165, 1.54) is 15.6 Å². The van der Waals surface area contributed by atoms with Crippen molar-refractivity contribution in [1.82, 2.24) is 14.7 Å². The Bertz CT molecular complexity index is 1120. The lowest BCUT2D eigenvalue weighted by molar-refractivity contribution is 0.0735. The second-order valence-electron chi connectivity index (χ2n) is 7.54. The molecule has 1 aromatic heterocycles. The van der Waals surface area contributed by atoms with Gasteiger partial charge in [-0.1, -0.05) is 38.1 Å². The molecule has 1 heterocycles. The lowest BCUT2D eigenvalue weighted by atomic mass is 10.1. The predicted octanol–water partition coefficient (Wildman–Crippen LogP) is 4.16. The van der Waals surface area contributed by atoms with Crippen LogP contribution in [0.5, 0.6) is 0 Å². The molecule has 1 amide bonds. The summed E-state index contributed by atoms with van der Waals surface area (Å²) in [7, 11) is 1.57. The minimum Gasteiger partial charge on any atom is -0.334 e. The van der Waals surface area contributed by atoms with Crippen molar-refractivity contribution < 1.29 is 13.6 Å². The molecule has 7 heteroatoms. The average Bonchev–Trinajstić information content (AvgIpc) is 2.70. The molecular formula is C22H23F2N3O2. The van der Waals surface area contributed by atoms with Gasteiger partial charge in [-0.15, -0.1) is 0 Å². The van der Waals surface area contributed by atoms with Crippen LogP contribution in [-0.2, 0) is 6.54 Å². The van der Waals surface area contributed by atoms with Gasteiger partial charge >= 0.3 is 0 Å². The Balaban J connectivity index is 2.06. The van der Waals surface area contributed by atoms with Crippen molar-refractivity contribution in [2.45, 2.75) is 33.4 Å². The number of halogens is 2. The highest BCUT2D eigenvalue weighted by Gasteiger charge is 2.24. The predicted molar refractivity (Wildman–Crippen MR) is 108 cm³/mol. The second-order valence-corrected chi connectivity index (χ2v) is 7.54. The number of rotatable bonds is 5. The number of fused-ring (bicyclic) bond motifs is 1. The normalized spacial score (nSPS) is 12.4. The maximum Gasteiger partial charge on any atom is 0.275 e. The van der Waals surface area contributed by atoms with Gasteiger partial charge in [0, 0.05) is 19.0 Å². The minimum atomic E-state index is -0.968. The fourth-order valence-corrected chi connectivity index (χ4v) is 3.20. The van der Waals surface area contributed by atoms with Crippen LogP contribution in [0.2, 0.25) is 0 Å². The van der Waals surface area contributed by atoms with Crippen molar-refractivity contribution >= 4 is 16.7 Å². The van der Waals surface area contributed by atoms with Crippen molar-refractivity contribution in [3.8, 4) is 0 Å². The summed E-state index contributed by atoms with van der Waals surface area (Å²) in [5, 5.41) is 5.23. The summed E-state index contributed by atoms with van der Waals surface area (Å²) in [6, 6.07) is 9.88. The zero-order valence-electron chi connectivity index (χ0n) is 16.8. The Morgan fingerprint density at radius 1 is 1.07 bits per heavy atom. The molecule has 0 aliphatic heterocycles. The van der Waals surface area contributed by atoms with Crippen LogP contribution in [0, 0.1) is 17.6 Å². The molecule has 0 N–H and O–H groups in total. The van der Waals surface area contributed by atoms with Crippen LogP contribution in [-0.4, -0.2) is 27.6 Å². The Labute approximate surface area is 167 Å². The molecule has 29 heavy (non-hydrogen) atoms. The van der Waals surface area contributed by atoms with E-state index in [2.05, 4.69) is 5.10 Å². The van der Waals surface area contributed by atoms with Gasteiger partial charge in [0.15, 0.2) is 17.3 Å². The Morgan fingerprint density at radius 3 is 2.34 bits per heavy atom. The number of nitrogens with zero attached hydrogens (tertiary/aromatic N) is 3. The molecule has 0 saturated carbocycles. The van der Waals surface area contributed by atoms with Crippen molar-refractivity contribution in [2.75, 3.05) is 7.05 Å². The molecule has 0 fully saturated rings. The molecule has 5 nitrogen and oxygen atoms in total. The zero-order chi connectivity index (χ0) is 21.3. The highest BCUT2D eigenvalue weighted by Crippen LogP contribution is 2.24. The fourth-order valence-electron chi connectivity index (χ4n) is 3.20. The number of hydrogen-bond donors (Lipinski definition) is 0. The highest BCUT2D eigenvalue weighted by molar-refractivity contribution is 6.04. The maximum absolute atomic E-state index is 13.6. The first-order valence-electron chi connectivity index (χ1n) is 9.42. The van der Waals surface area contributed by atoms with Gasteiger partial charge in [-0.25, -0.2) is 13.5 Å². The molecule has 3 rings (SSSR count). The number of benzene rings is 2. The first kappa shape index (κ1) is 20.6. The van der Waals surface area contributed by atoms with Gasteiger partial charge in [-0.3, -0.25) is 9.59 Å². The molecule has 0 aliphatic rings. The maximum atomic E-state index is 13.6. The Hall–Kier alpha value is -3.09. The van der Waals surface area contributed by atoms with Crippen LogP contribution in [0.4, 0.5) is 8.78 Å². The summed E-state index contributed by atoms with van der Waals surface area (Å²) < 4.78 is 28.2. The van der Waals surface area contributed by atoms with E-state index in [0.717, 1.165) is 12.1 Å². The van der Waals surface area contributed by atoms with Crippen LogP contribution in [0.1, 0.15) is 42.9 Å². The number of amides is 1. The van der Waals surface area contributed by atoms with E-state index in [9.17, 15) is 18.4 Å². The van der Waals surface area contributed by atoms with Gasteiger partial charge < -0.3 is 4.90 Å². The summed E-state index contributed by atoms with van der Waals surface area (Å²) in [6.07, 6.45) is 0. The van der Waals surface area contributed by atoms with Crippen molar-refractivity contribution in [3.63, 3.8) is 0 Å². The summed E-state index contributed by atoms with van der Waals surface area (Å²) in [6.45, 7) is 6.02. The largest absolute Gasteiger partial charge is 0.334 e. The molecular weight excluding hydrogens is 376 g/mol. The van der Waals surface area contributed by atoms with Crippen molar-refractivity contribution in [1.29, 1.82) is 0 Å². The van der Waals surface area contributed by atoms with E-state index >= 15 is 0 Å². The van der Waals surface area contributed by atoms with Gasteiger partial charge in [0.2, 0.25) is 0 Å². The standard InChI is InChI=1S/C22H23F2N3O2/c1-13(2)12-27-21(28)17-8-6-5-7-16(17)20(25-27)22(29)26(4)14(3)15-9-10-18(23)19(24)11-15/h5-11,13-14H,12H2,1-4H3. The number of carbonyl (C=O) groups is 1. The summed E-state index contributed by atoms with van der Waals surface area (Å²) in [4.78, 5) is 27.4. The molecule has 0 bridgehead atoms. The SMILES string of the molecule is CC(C)Cn1nc(C(=O)N(C)C(C)c2ccc(F)c(F)c2)c2ccccc2c1=O. The van der Waals surface area contributed by atoms with E-state index in [1.807, 2.05) is 13.8 Å². The van der Waals surface area contributed by atoms with Crippen LogP contribution < -0.4 is 5.56 Å². The quantitative estimate of drug-likeness (QED) is 0.647. The zero-order valence-corrected chi connectivity index (χ0v) is 16.8. The molecule has 152 valence electrons. The van der Waals surface area contributed by atoms with E-state index in [1.54, 1.807) is 38.2 Å². The summed E-state index contributed by atoms with van der Waals surface area (Å²) >= 11 is 0. The van der Waals surface area contributed by atoms with E-state index < -0.39 is 23.6 Å². The fraction of sp³-hybridized carbons (Fsp3) is 0.318. The van der Waals surface area contributed by atoms with Gasteiger partial charge in [-0.05, 0) is 36.6 Å². The number of hydrogen-bond acceptors (Lipinski definition) is 3. The lowest BCUT2D eigenvalue weighted by Crippen LogP contribution is -2.34. The number of carbonyl (C=O) groups excluding carboxylic acids is 1. The summed E-state index contributed by atoms with van der Waals surface area (Å²) in [5.41, 5.74) is 0.361. The third-order valence-corrected chi connectivity index (χ3v) is 4.94. The van der Waals surface area contributed by atoms with Crippen LogP contribution >= 0.6 is 0 Å². The molecule has 0 aliphatic carbocycles. The molecule has 0 saturated heterocycles. The van der Waals surface area contributed by atoms with Crippen molar-refractivity contribution in [3.05, 3.63) is 75.7 Å². The van der Waals surface area contributed by atoms with Gasteiger partial charge in [0.25, 0.3) is 11.5 Å². The first-order valence-corrected chi connectivity index (χ1v) is 9.42. The van der Waals surface area contributed by atoms with E-state index in [-0.39, 0.29) is 17.2 Å². The molecule has 0 radical (unpaired) electrons. The van der Waals surface area contributed by atoms with Crippen LogP contribution in [0.3, 0.4) is 0 Å². The molecule has 1 unspecified atom stereocenters. The first-order chi connectivity index (χ1) is 13.7. The van der Waals surface area contributed by atoms with Crippen LogP contribution in [0.25, 0.3) is 10.8 Å². The van der Waals surface area contributed by atoms with Gasteiger partial charge in [0.05, 0.1) is 11.4 Å². The average molecular weight is 399 g/mol. The molecule has 2 aromatic carbocycles. The lowest BCUT2D eigenvalue weighted by Gasteiger charge is -2.26. The van der Waals surface area contributed by atoms with E-state index in [4.69, 9.17) is 0 Å². The van der Waals surface area contributed by atoms with Crippen LogP contribution in [0.15, 0.2) is 47.3 Å². The Kier molecular flexibility index (Phi) is 5.77. The minimum absolute atomic E-state index is 0.151. The second kappa shape index (κ2) is 8.11. The van der Waals surface area contributed by atoms with Gasteiger partial charge in [0.1, 0.15) is 0 Å². The third-order valence-electron chi connectivity index (χ3n) is 4.94. The molecule has 1 atom stereocenters. The van der Waals surface area contributed by atoms with Gasteiger partial charge in [-0.2, -0.15) is 5.10 Å². The highest BCUT2D eigenvalue weighted by atomic mass is 19.2. The van der Waals surface area contributed by atoms with Crippen molar-refractivity contribution in [2.24, 2.45) is 5.92 Å². The smallest absolute Gasteiger partial charge is 0.275 e. The monoisotopic (exact) mass is 399 g/mol. The van der Waals surface area contributed by atoms with E-state index in [0.29, 0.717) is 22.9 Å². The topological polar surface area (TPSA) is 55.2 Å². The number of aromatic nitrogens is 2. The third kappa shape index (κ3) is 4.04.